The molecule has 3 rings (SSSR count). The minimum Gasteiger partial charge on any atom is -0.371 e. The first-order valence-corrected chi connectivity index (χ1v) is 9.59. The van der Waals surface area contributed by atoms with Crippen LogP contribution in [0.15, 0.2) is 53.3 Å². The van der Waals surface area contributed by atoms with Crippen LogP contribution in [-0.2, 0) is 16.0 Å². The highest BCUT2D eigenvalue weighted by molar-refractivity contribution is 6.33. The van der Waals surface area contributed by atoms with Crippen molar-refractivity contribution in [3.63, 3.8) is 0 Å². The molecule has 0 fully saturated rings. The maximum Gasteiger partial charge on any atom is 0.348 e. The van der Waals surface area contributed by atoms with Crippen LogP contribution in [0.2, 0.25) is 5.02 Å². The second kappa shape index (κ2) is 8.68. The molecule has 0 amide bonds. The van der Waals surface area contributed by atoms with E-state index in [0.29, 0.717) is 35.1 Å². The standard InChI is InChI=1S/C22H22ClN3O3/c1-22(2,29-3)18(27)12-10-14-9-11-17(23)16(13-14)20-24-19(25-21(28)26-20)15-7-5-4-6-8-15/h4-9,11,13H,10,12H2,1-3H3,(H,24,25,26,28). The van der Waals surface area contributed by atoms with E-state index >= 15 is 0 Å². The number of nitrogens with zero attached hydrogens (tertiary/aromatic N) is 2. The van der Waals surface area contributed by atoms with Gasteiger partial charge in [0.2, 0.25) is 0 Å². The van der Waals surface area contributed by atoms with Gasteiger partial charge < -0.3 is 4.74 Å². The molecule has 1 heterocycles. The average Bonchev–Trinajstić information content (AvgIpc) is 2.73. The fourth-order valence-corrected chi connectivity index (χ4v) is 3.02. The molecule has 29 heavy (non-hydrogen) atoms. The van der Waals surface area contributed by atoms with Gasteiger partial charge in [-0.1, -0.05) is 48.0 Å². The second-order valence-electron chi connectivity index (χ2n) is 7.14. The fourth-order valence-electron chi connectivity index (χ4n) is 2.81. The van der Waals surface area contributed by atoms with Crippen LogP contribution in [0.3, 0.4) is 0 Å². The van der Waals surface area contributed by atoms with Crippen LogP contribution in [0.4, 0.5) is 0 Å². The lowest BCUT2D eigenvalue weighted by molar-refractivity contribution is -0.137. The van der Waals surface area contributed by atoms with Crippen LogP contribution in [0.1, 0.15) is 25.8 Å². The molecule has 0 atom stereocenters. The first kappa shape index (κ1) is 20.9. The van der Waals surface area contributed by atoms with Gasteiger partial charge in [-0.2, -0.15) is 4.98 Å². The van der Waals surface area contributed by atoms with Gasteiger partial charge in [0.05, 0.1) is 5.02 Å². The van der Waals surface area contributed by atoms with Crippen molar-refractivity contribution in [2.45, 2.75) is 32.3 Å². The quantitative estimate of drug-likeness (QED) is 0.633. The number of nitrogens with one attached hydrogen (secondary N) is 1. The Kier molecular flexibility index (Phi) is 6.25. The summed E-state index contributed by atoms with van der Waals surface area (Å²) in [5.41, 5.74) is 0.897. The summed E-state index contributed by atoms with van der Waals surface area (Å²) in [6.45, 7) is 3.50. The molecule has 0 aliphatic carbocycles. The number of Topliss-reactive ketones (excluding diaryl/α,β-unsaturated/α-hetero) is 1. The molecule has 7 heteroatoms. The van der Waals surface area contributed by atoms with E-state index in [1.165, 1.54) is 7.11 Å². The summed E-state index contributed by atoms with van der Waals surface area (Å²) in [6.07, 6.45) is 0.855. The van der Waals surface area contributed by atoms with Crippen molar-refractivity contribution in [1.82, 2.24) is 15.0 Å². The lowest BCUT2D eigenvalue weighted by atomic mass is 9.96. The van der Waals surface area contributed by atoms with Gasteiger partial charge in [0.25, 0.3) is 0 Å². The van der Waals surface area contributed by atoms with E-state index in [2.05, 4.69) is 15.0 Å². The minimum absolute atomic E-state index is 0.0123. The Balaban J connectivity index is 1.92. The molecule has 1 N–H and O–H groups in total. The smallest absolute Gasteiger partial charge is 0.348 e. The zero-order chi connectivity index (χ0) is 21.0. The van der Waals surface area contributed by atoms with Crippen molar-refractivity contribution in [2.75, 3.05) is 7.11 Å². The number of H-pyrrole nitrogens is 1. The molecule has 1 aromatic heterocycles. The third-order valence-electron chi connectivity index (χ3n) is 4.79. The Hall–Kier alpha value is -2.83. The monoisotopic (exact) mass is 411 g/mol. The maximum absolute atomic E-state index is 12.3. The molecule has 0 bridgehead atoms. The topological polar surface area (TPSA) is 84.9 Å². The van der Waals surface area contributed by atoms with Crippen LogP contribution in [0.5, 0.6) is 0 Å². The number of halogens is 1. The Morgan fingerprint density at radius 1 is 1.14 bits per heavy atom. The molecule has 0 aliphatic rings. The number of aryl methyl sites for hydroxylation is 1. The van der Waals surface area contributed by atoms with Gasteiger partial charge in [0, 0.05) is 24.7 Å². The summed E-state index contributed by atoms with van der Waals surface area (Å²) in [5, 5.41) is 0.450. The first-order chi connectivity index (χ1) is 13.8. The highest BCUT2D eigenvalue weighted by Crippen LogP contribution is 2.27. The maximum atomic E-state index is 12.3. The van der Waals surface area contributed by atoms with E-state index < -0.39 is 11.3 Å². The zero-order valence-corrected chi connectivity index (χ0v) is 17.3. The zero-order valence-electron chi connectivity index (χ0n) is 16.5. The third-order valence-corrected chi connectivity index (χ3v) is 5.12. The van der Waals surface area contributed by atoms with Gasteiger partial charge in [-0.25, -0.2) is 9.78 Å². The van der Waals surface area contributed by atoms with E-state index in [1.807, 2.05) is 42.5 Å². The lowest BCUT2D eigenvalue weighted by Crippen LogP contribution is -2.33. The van der Waals surface area contributed by atoms with Crippen LogP contribution in [0, 0.1) is 0 Å². The fraction of sp³-hybridized carbons (Fsp3) is 0.273. The van der Waals surface area contributed by atoms with E-state index in [1.54, 1.807) is 19.9 Å². The van der Waals surface area contributed by atoms with E-state index in [4.69, 9.17) is 16.3 Å². The van der Waals surface area contributed by atoms with Crippen molar-refractivity contribution < 1.29 is 9.53 Å². The molecule has 0 aliphatic heterocycles. The van der Waals surface area contributed by atoms with Gasteiger partial charge in [-0.3, -0.25) is 9.78 Å². The Labute approximate surface area is 173 Å². The van der Waals surface area contributed by atoms with E-state index in [0.717, 1.165) is 11.1 Å². The average molecular weight is 412 g/mol. The molecule has 0 saturated carbocycles. The summed E-state index contributed by atoms with van der Waals surface area (Å²) < 4.78 is 5.24. The number of methoxy groups -OCH3 is 1. The Morgan fingerprint density at radius 2 is 1.86 bits per heavy atom. The highest BCUT2D eigenvalue weighted by Gasteiger charge is 2.26. The van der Waals surface area contributed by atoms with Crippen molar-refractivity contribution in [3.05, 3.63) is 69.6 Å². The number of aromatic amines is 1. The van der Waals surface area contributed by atoms with Crippen LogP contribution < -0.4 is 5.69 Å². The molecule has 0 radical (unpaired) electrons. The van der Waals surface area contributed by atoms with Gasteiger partial charge in [-0.15, -0.1) is 0 Å². The number of carbonyl (C=O) groups excluding carboxylic acids is 1. The van der Waals surface area contributed by atoms with Gasteiger partial charge in [0.1, 0.15) is 11.4 Å². The number of carbonyl (C=O) groups is 1. The predicted octanol–water partition coefficient (Wildman–Crippen LogP) is 4.08. The van der Waals surface area contributed by atoms with E-state index in [-0.39, 0.29) is 5.78 Å². The van der Waals surface area contributed by atoms with Gasteiger partial charge in [0.15, 0.2) is 11.6 Å². The van der Waals surface area contributed by atoms with Crippen molar-refractivity contribution in [3.8, 4) is 22.8 Å². The number of aromatic nitrogens is 3. The minimum atomic E-state index is -0.822. The SMILES string of the molecule is COC(C)(C)C(=O)CCc1ccc(Cl)c(-c2nc(-c3ccccc3)nc(=O)[nH]2)c1. The molecule has 0 unspecified atom stereocenters. The molecule has 0 saturated heterocycles. The molecule has 150 valence electrons. The third kappa shape index (κ3) is 4.96. The van der Waals surface area contributed by atoms with Gasteiger partial charge in [-0.05, 0) is 38.0 Å². The van der Waals surface area contributed by atoms with Crippen LogP contribution >= 0.6 is 11.6 Å². The number of hydrogen-bond acceptors (Lipinski definition) is 5. The lowest BCUT2D eigenvalue weighted by Gasteiger charge is -2.21. The summed E-state index contributed by atoms with van der Waals surface area (Å²) in [4.78, 5) is 35.5. The summed E-state index contributed by atoms with van der Waals surface area (Å²) in [7, 11) is 1.52. The predicted molar refractivity (Wildman–Crippen MR) is 113 cm³/mol. The second-order valence-corrected chi connectivity index (χ2v) is 7.55. The molecule has 0 spiro atoms. The van der Waals surface area contributed by atoms with E-state index in [9.17, 15) is 9.59 Å². The van der Waals surface area contributed by atoms with Crippen LogP contribution in [-0.4, -0.2) is 33.4 Å². The molecule has 2 aromatic carbocycles. The largest absolute Gasteiger partial charge is 0.371 e. The number of hydrogen-bond donors (Lipinski definition) is 1. The normalized spacial score (nSPS) is 11.4. The van der Waals surface area contributed by atoms with Crippen molar-refractivity contribution in [1.29, 1.82) is 0 Å². The molecular formula is C22H22ClN3O3. The summed E-state index contributed by atoms with van der Waals surface area (Å²) in [6, 6.07) is 14.7. The first-order valence-electron chi connectivity index (χ1n) is 9.21. The number of ketones is 1. The summed E-state index contributed by atoms with van der Waals surface area (Å²) in [5.74, 6) is 0.667. The number of rotatable bonds is 7. The highest BCUT2D eigenvalue weighted by atomic mass is 35.5. The van der Waals surface area contributed by atoms with Gasteiger partial charge >= 0.3 is 5.69 Å². The Morgan fingerprint density at radius 3 is 2.55 bits per heavy atom. The Bertz CT molecular complexity index is 1080. The number of ether oxygens (including phenoxy) is 1. The number of benzene rings is 2. The molecule has 6 nitrogen and oxygen atoms in total. The summed E-state index contributed by atoms with van der Waals surface area (Å²) >= 11 is 6.37. The van der Waals surface area contributed by atoms with Crippen LogP contribution in [0.25, 0.3) is 22.8 Å². The molecular weight excluding hydrogens is 390 g/mol. The molecule has 3 aromatic rings. The van der Waals surface area contributed by atoms with Crippen molar-refractivity contribution >= 4 is 17.4 Å². The van der Waals surface area contributed by atoms with Crippen molar-refractivity contribution in [2.24, 2.45) is 0 Å².